The van der Waals surface area contributed by atoms with E-state index < -0.39 is 47.7 Å². The van der Waals surface area contributed by atoms with E-state index in [0.717, 1.165) is 6.42 Å². The quantitative estimate of drug-likeness (QED) is 0.314. The summed E-state index contributed by atoms with van der Waals surface area (Å²) >= 11 is 0. The van der Waals surface area contributed by atoms with Gasteiger partial charge in [-0.2, -0.15) is 0 Å². The van der Waals surface area contributed by atoms with E-state index in [2.05, 4.69) is 10.6 Å². The Bertz CT molecular complexity index is 1190. The molecular formula is C26H28F3N3O3. The van der Waals surface area contributed by atoms with Gasteiger partial charge >= 0.3 is 0 Å². The predicted molar refractivity (Wildman–Crippen MR) is 125 cm³/mol. The lowest BCUT2D eigenvalue weighted by Gasteiger charge is -2.47. The second kappa shape index (κ2) is 9.36. The van der Waals surface area contributed by atoms with Crippen LogP contribution in [0.15, 0.2) is 36.4 Å². The van der Waals surface area contributed by atoms with Gasteiger partial charge in [-0.05, 0) is 62.4 Å². The van der Waals surface area contributed by atoms with Gasteiger partial charge in [-0.25, -0.2) is 13.2 Å². The molecule has 1 aromatic carbocycles. The molecule has 0 spiro atoms. The summed E-state index contributed by atoms with van der Waals surface area (Å²) in [7, 11) is 0. The molecule has 2 N–H and O–H groups in total. The van der Waals surface area contributed by atoms with Crippen LogP contribution in [0.2, 0.25) is 0 Å². The number of alkyl halides is 2. The average molecular weight is 488 g/mol. The van der Waals surface area contributed by atoms with Gasteiger partial charge in [0.25, 0.3) is 23.5 Å². The van der Waals surface area contributed by atoms with Crippen molar-refractivity contribution >= 4 is 23.3 Å². The maximum Gasteiger partial charge on any atom is 0.294 e. The molecule has 9 heteroatoms. The Morgan fingerprint density at radius 3 is 2.43 bits per heavy atom. The smallest absolute Gasteiger partial charge is 0.294 e. The van der Waals surface area contributed by atoms with Crippen LogP contribution < -0.4 is 10.6 Å². The summed E-state index contributed by atoms with van der Waals surface area (Å²) in [6.45, 7) is 3.99. The van der Waals surface area contributed by atoms with Crippen LogP contribution in [0.5, 0.6) is 0 Å². The summed E-state index contributed by atoms with van der Waals surface area (Å²) in [5, 5.41) is 5.29. The number of benzene rings is 1. The first-order chi connectivity index (χ1) is 16.6. The zero-order valence-electron chi connectivity index (χ0n) is 19.7. The number of allylic oxidation sites excluding steroid dienone is 1. The lowest BCUT2D eigenvalue weighted by Crippen LogP contribution is -2.63. The van der Waals surface area contributed by atoms with Crippen LogP contribution in [-0.2, 0) is 17.8 Å². The van der Waals surface area contributed by atoms with Crippen molar-refractivity contribution in [1.82, 2.24) is 9.88 Å². The molecule has 4 rings (SSSR count). The molecule has 2 aromatic rings. The molecule has 2 heterocycles. The molecule has 1 saturated carbocycles. The Morgan fingerprint density at radius 1 is 1.11 bits per heavy atom. The number of amides is 2. The van der Waals surface area contributed by atoms with Crippen LogP contribution in [0.25, 0.3) is 0 Å². The van der Waals surface area contributed by atoms with Crippen LogP contribution >= 0.6 is 0 Å². The number of aromatic nitrogens is 1. The van der Waals surface area contributed by atoms with Crippen molar-refractivity contribution in [2.75, 3.05) is 5.32 Å². The predicted octanol–water partition coefficient (Wildman–Crippen LogP) is 4.96. The van der Waals surface area contributed by atoms with Gasteiger partial charge in [-0.3, -0.25) is 14.4 Å². The topological polar surface area (TPSA) is 80.2 Å². The molecule has 1 aliphatic carbocycles. The summed E-state index contributed by atoms with van der Waals surface area (Å²) in [4.78, 5) is 39.3. The summed E-state index contributed by atoms with van der Waals surface area (Å²) < 4.78 is 42.3. The van der Waals surface area contributed by atoms with Crippen molar-refractivity contribution in [3.63, 3.8) is 0 Å². The van der Waals surface area contributed by atoms with E-state index in [1.807, 2.05) is 13.0 Å². The number of nitrogens with one attached hydrogen (secondary N) is 2. The van der Waals surface area contributed by atoms with E-state index in [-0.39, 0.29) is 12.1 Å². The second-order valence-corrected chi connectivity index (χ2v) is 9.37. The molecule has 1 aromatic heterocycles. The first kappa shape index (κ1) is 24.8. The van der Waals surface area contributed by atoms with E-state index in [4.69, 9.17) is 0 Å². The van der Waals surface area contributed by atoms with Gasteiger partial charge in [0.05, 0.1) is 16.8 Å². The minimum atomic E-state index is -2.88. The summed E-state index contributed by atoms with van der Waals surface area (Å²) in [5.74, 6) is -5.57. The molecule has 35 heavy (non-hydrogen) atoms. The molecule has 0 atom stereocenters. The number of Topliss-reactive ketones (excluding diaryl/α,β-unsaturated/α-hetero) is 1. The summed E-state index contributed by atoms with van der Waals surface area (Å²) in [5.41, 5.74) is 0.641. The number of carbonyl (C=O) groups is 3. The molecule has 0 bridgehead atoms. The van der Waals surface area contributed by atoms with E-state index in [9.17, 15) is 27.6 Å². The molecule has 1 aliphatic heterocycles. The number of nitrogens with zero attached hydrogens (tertiary/aromatic N) is 1. The molecule has 0 radical (unpaired) electrons. The van der Waals surface area contributed by atoms with Crippen molar-refractivity contribution in [2.45, 2.75) is 70.4 Å². The van der Waals surface area contributed by atoms with Crippen molar-refractivity contribution in [3.8, 4) is 0 Å². The third-order valence-corrected chi connectivity index (χ3v) is 6.64. The third kappa shape index (κ3) is 4.90. The number of hydrogen-bond donors (Lipinski definition) is 2. The minimum Gasteiger partial charge on any atom is -0.343 e. The van der Waals surface area contributed by atoms with Crippen LogP contribution in [0.4, 0.5) is 18.9 Å². The SMILES string of the molecule is CC/C=C/CC1(NC(=O)C(=O)c2c(C)c(C(=O)Nc3ccc(F)cc3)c3n2CCC3)CC(F)(F)C1. The lowest BCUT2D eigenvalue weighted by atomic mass is 9.71. The first-order valence-corrected chi connectivity index (χ1v) is 11.7. The normalized spacial score (nSPS) is 17.6. The molecular weight excluding hydrogens is 459 g/mol. The molecule has 186 valence electrons. The minimum absolute atomic E-state index is 0.101. The van der Waals surface area contributed by atoms with Gasteiger partial charge in [-0.15, -0.1) is 0 Å². The van der Waals surface area contributed by atoms with Gasteiger partial charge in [0.2, 0.25) is 0 Å². The second-order valence-electron chi connectivity index (χ2n) is 9.37. The number of hydrogen-bond acceptors (Lipinski definition) is 3. The number of carbonyl (C=O) groups excluding carboxylic acids is 3. The highest BCUT2D eigenvalue weighted by Crippen LogP contribution is 2.47. The van der Waals surface area contributed by atoms with E-state index >= 15 is 0 Å². The van der Waals surface area contributed by atoms with Gasteiger partial charge < -0.3 is 15.2 Å². The number of fused-ring (bicyclic) bond motifs is 1. The number of halogens is 3. The maximum atomic E-state index is 13.7. The van der Waals surface area contributed by atoms with Crippen LogP contribution in [0.3, 0.4) is 0 Å². The van der Waals surface area contributed by atoms with Crippen molar-refractivity contribution in [2.24, 2.45) is 0 Å². The Labute approximate surface area is 201 Å². The number of ketones is 1. The third-order valence-electron chi connectivity index (χ3n) is 6.64. The Hall–Kier alpha value is -3.36. The van der Waals surface area contributed by atoms with Crippen molar-refractivity contribution in [1.29, 1.82) is 0 Å². The Kier molecular flexibility index (Phi) is 6.62. The highest BCUT2D eigenvalue weighted by atomic mass is 19.3. The van der Waals surface area contributed by atoms with E-state index in [0.29, 0.717) is 41.9 Å². The fourth-order valence-corrected chi connectivity index (χ4v) is 5.14. The fourth-order valence-electron chi connectivity index (χ4n) is 5.14. The van der Waals surface area contributed by atoms with Crippen LogP contribution in [0, 0.1) is 12.7 Å². The molecule has 2 amide bonds. The monoisotopic (exact) mass is 487 g/mol. The van der Waals surface area contributed by atoms with Crippen molar-refractivity contribution < 1.29 is 27.6 Å². The zero-order valence-corrected chi connectivity index (χ0v) is 19.7. The fraction of sp³-hybridized carbons (Fsp3) is 0.423. The largest absolute Gasteiger partial charge is 0.343 e. The highest BCUT2D eigenvalue weighted by molar-refractivity contribution is 6.43. The van der Waals surface area contributed by atoms with E-state index in [1.165, 1.54) is 24.3 Å². The lowest BCUT2D eigenvalue weighted by molar-refractivity contribution is -0.144. The summed E-state index contributed by atoms with van der Waals surface area (Å²) in [6.07, 6.45) is 4.74. The Balaban J connectivity index is 1.58. The number of rotatable bonds is 8. The summed E-state index contributed by atoms with van der Waals surface area (Å²) in [6, 6.07) is 5.31. The first-order valence-electron chi connectivity index (χ1n) is 11.7. The molecule has 6 nitrogen and oxygen atoms in total. The van der Waals surface area contributed by atoms with Crippen molar-refractivity contribution in [3.05, 3.63) is 64.7 Å². The zero-order chi connectivity index (χ0) is 25.4. The van der Waals surface area contributed by atoms with Gasteiger partial charge in [-0.1, -0.05) is 19.1 Å². The van der Waals surface area contributed by atoms with Crippen LogP contribution in [0.1, 0.15) is 71.1 Å². The maximum absolute atomic E-state index is 13.7. The van der Waals surface area contributed by atoms with E-state index in [1.54, 1.807) is 17.6 Å². The standard InChI is InChI=1S/C26H28F3N3O3/c1-3-4-5-12-25(14-26(28,29)15-25)31-24(35)22(33)21-16(2)20(19-7-6-13-32(19)21)23(34)30-18-10-8-17(27)9-11-18/h4-5,8-11H,3,6-7,12-15H2,1-2H3,(H,30,34)(H,31,35)/b5-4+. The molecule has 0 saturated heterocycles. The molecule has 1 fully saturated rings. The highest BCUT2D eigenvalue weighted by Gasteiger charge is 2.57. The molecule has 0 unspecified atom stereocenters. The van der Waals surface area contributed by atoms with Gasteiger partial charge in [0.15, 0.2) is 0 Å². The average Bonchev–Trinajstić information content (AvgIpc) is 3.33. The van der Waals surface area contributed by atoms with Gasteiger partial charge in [0.1, 0.15) is 5.82 Å². The Morgan fingerprint density at radius 2 is 1.80 bits per heavy atom. The van der Waals surface area contributed by atoms with Gasteiger partial charge in [0, 0.05) is 30.8 Å². The number of anilines is 1. The molecule has 2 aliphatic rings. The van der Waals surface area contributed by atoms with Crippen LogP contribution in [-0.4, -0.2) is 33.6 Å².